The van der Waals surface area contributed by atoms with Crippen LogP contribution in [0.4, 0.5) is 17.2 Å². The molecule has 0 unspecified atom stereocenters. The van der Waals surface area contributed by atoms with E-state index in [1.807, 2.05) is 29.2 Å². The minimum atomic E-state index is -0.487. The third-order valence-electron chi connectivity index (χ3n) is 3.11. The van der Waals surface area contributed by atoms with Gasteiger partial charge in [0.1, 0.15) is 6.33 Å². The number of hydrogen-bond donors (Lipinski definition) is 1. The molecule has 0 amide bonds. The van der Waals surface area contributed by atoms with Crippen molar-refractivity contribution in [3.63, 3.8) is 0 Å². The summed E-state index contributed by atoms with van der Waals surface area (Å²) in [5.74, 6) is 0.301. The molecular weight excluding hydrogens is 264 g/mol. The van der Waals surface area contributed by atoms with E-state index in [1.165, 1.54) is 6.33 Å². The number of aromatic nitrogens is 2. The van der Waals surface area contributed by atoms with Crippen molar-refractivity contribution in [2.45, 2.75) is 11.4 Å². The van der Waals surface area contributed by atoms with Crippen LogP contribution in [-0.2, 0) is 6.42 Å². The molecule has 2 heterocycles. The van der Waals surface area contributed by atoms with Gasteiger partial charge in [0, 0.05) is 12.2 Å². The highest BCUT2D eigenvalue weighted by Gasteiger charge is 2.29. The molecule has 0 aliphatic carbocycles. The Morgan fingerprint density at radius 2 is 2.11 bits per heavy atom. The third kappa shape index (κ3) is 1.91. The first-order valence-corrected chi connectivity index (χ1v) is 6.17. The van der Waals surface area contributed by atoms with E-state index in [0.29, 0.717) is 12.4 Å². The van der Waals surface area contributed by atoms with Gasteiger partial charge in [-0.1, -0.05) is 18.2 Å². The average Bonchev–Trinajstić information content (AvgIpc) is 2.81. The lowest BCUT2D eigenvalue weighted by atomic mass is 10.2. The van der Waals surface area contributed by atoms with Gasteiger partial charge in [-0.3, -0.25) is 10.1 Å². The first kappa shape index (κ1) is 11.9. The molecule has 2 aromatic rings. The van der Waals surface area contributed by atoms with Crippen molar-refractivity contribution < 1.29 is 4.92 Å². The van der Waals surface area contributed by atoms with Crippen LogP contribution in [0.2, 0.25) is 0 Å². The minimum Gasteiger partial charge on any atom is -0.320 e. The Labute approximate surface area is 114 Å². The van der Waals surface area contributed by atoms with Crippen molar-refractivity contribution in [3.05, 3.63) is 46.3 Å². The molecule has 0 spiro atoms. The number of fused-ring (bicyclic) bond motifs is 1. The van der Waals surface area contributed by atoms with Crippen LogP contribution in [-0.4, -0.2) is 21.4 Å². The van der Waals surface area contributed by atoms with Gasteiger partial charge >= 0.3 is 5.69 Å². The molecule has 6 nitrogen and oxygen atoms in total. The Bertz CT molecular complexity index is 662. The fourth-order valence-electron chi connectivity index (χ4n) is 2.28. The van der Waals surface area contributed by atoms with Crippen LogP contribution in [0.5, 0.6) is 0 Å². The molecule has 1 aromatic heterocycles. The zero-order chi connectivity index (χ0) is 13.4. The molecule has 1 aliphatic rings. The molecule has 0 bridgehead atoms. The second-order valence-electron chi connectivity index (χ2n) is 4.16. The lowest BCUT2D eigenvalue weighted by molar-refractivity contribution is -0.387. The maximum Gasteiger partial charge on any atom is 0.343 e. The van der Waals surface area contributed by atoms with Crippen LogP contribution in [0, 0.1) is 10.1 Å². The topological polar surface area (TPSA) is 72.2 Å². The Hall–Kier alpha value is -2.15. The first-order chi connectivity index (χ1) is 9.18. The summed E-state index contributed by atoms with van der Waals surface area (Å²) in [6.45, 7) is 0.671. The van der Waals surface area contributed by atoms with Crippen LogP contribution >= 0.6 is 12.6 Å². The molecule has 7 heteroatoms. The molecule has 0 saturated carbocycles. The summed E-state index contributed by atoms with van der Waals surface area (Å²) in [5.41, 5.74) is 1.97. The summed E-state index contributed by atoms with van der Waals surface area (Å²) in [7, 11) is 0. The van der Waals surface area contributed by atoms with Gasteiger partial charge in [-0.25, -0.2) is 9.97 Å². The van der Waals surface area contributed by atoms with Crippen molar-refractivity contribution in [1.29, 1.82) is 0 Å². The SMILES string of the molecule is O=[N+]([O-])c1c(S)ncnc1N1CCc2ccccc21. The summed E-state index contributed by atoms with van der Waals surface area (Å²) < 4.78 is 0. The fraction of sp³-hybridized carbons (Fsp3) is 0.167. The Kier molecular flexibility index (Phi) is 2.83. The molecule has 0 atom stereocenters. The highest BCUT2D eigenvalue weighted by molar-refractivity contribution is 7.80. The number of rotatable bonds is 2. The smallest absolute Gasteiger partial charge is 0.320 e. The van der Waals surface area contributed by atoms with Crippen molar-refractivity contribution in [1.82, 2.24) is 9.97 Å². The molecular formula is C12H10N4O2S. The summed E-state index contributed by atoms with van der Waals surface area (Å²) >= 11 is 4.05. The van der Waals surface area contributed by atoms with Crippen LogP contribution in [0.3, 0.4) is 0 Å². The summed E-state index contributed by atoms with van der Waals surface area (Å²) in [6.07, 6.45) is 2.14. The second-order valence-corrected chi connectivity index (χ2v) is 4.58. The standard InChI is InChI=1S/C12H10N4O2S/c17-16(18)10-11(13-7-14-12(10)19)15-6-5-8-3-1-2-4-9(8)15/h1-4,7H,5-6H2,(H,13,14,19). The molecule has 0 saturated heterocycles. The molecule has 1 aliphatic heterocycles. The van der Waals surface area contributed by atoms with Gasteiger partial charge in [0.05, 0.1) is 4.92 Å². The zero-order valence-corrected chi connectivity index (χ0v) is 10.7. The predicted molar refractivity (Wildman–Crippen MR) is 73.1 cm³/mol. The zero-order valence-electron chi connectivity index (χ0n) is 9.85. The molecule has 96 valence electrons. The van der Waals surface area contributed by atoms with Gasteiger partial charge in [-0.05, 0) is 18.1 Å². The maximum absolute atomic E-state index is 11.2. The molecule has 19 heavy (non-hydrogen) atoms. The van der Waals surface area contributed by atoms with Crippen molar-refractivity contribution in [3.8, 4) is 0 Å². The van der Waals surface area contributed by atoms with Crippen LogP contribution in [0.25, 0.3) is 0 Å². The van der Waals surface area contributed by atoms with Gasteiger partial charge in [-0.15, -0.1) is 12.6 Å². The second kappa shape index (κ2) is 4.51. The van der Waals surface area contributed by atoms with Crippen LogP contribution in [0.1, 0.15) is 5.56 Å². The fourth-order valence-corrected chi connectivity index (χ4v) is 2.51. The van der Waals surface area contributed by atoms with Crippen LogP contribution in [0.15, 0.2) is 35.6 Å². The summed E-state index contributed by atoms with van der Waals surface area (Å²) in [4.78, 5) is 20.4. The van der Waals surface area contributed by atoms with Gasteiger partial charge in [0.15, 0.2) is 5.03 Å². The number of thiol groups is 1. The Morgan fingerprint density at radius 1 is 1.32 bits per heavy atom. The van der Waals surface area contributed by atoms with Gasteiger partial charge in [0.25, 0.3) is 0 Å². The number of anilines is 2. The quantitative estimate of drug-likeness (QED) is 0.394. The lowest BCUT2D eigenvalue weighted by Gasteiger charge is -2.17. The van der Waals surface area contributed by atoms with E-state index in [-0.39, 0.29) is 10.7 Å². The van der Waals surface area contributed by atoms with Crippen molar-refractivity contribution in [2.24, 2.45) is 0 Å². The molecule has 1 aromatic carbocycles. The number of para-hydroxylation sites is 1. The van der Waals surface area contributed by atoms with E-state index in [4.69, 9.17) is 0 Å². The van der Waals surface area contributed by atoms with E-state index in [2.05, 4.69) is 22.6 Å². The number of hydrogen-bond acceptors (Lipinski definition) is 6. The van der Waals surface area contributed by atoms with E-state index in [1.54, 1.807) is 0 Å². The first-order valence-electron chi connectivity index (χ1n) is 5.72. The predicted octanol–water partition coefficient (Wildman–Crippen LogP) is 2.37. The number of nitrogens with zero attached hydrogens (tertiary/aromatic N) is 4. The normalized spacial score (nSPS) is 13.4. The highest BCUT2D eigenvalue weighted by atomic mass is 32.1. The minimum absolute atomic E-state index is 0.0828. The molecule has 3 rings (SSSR count). The van der Waals surface area contributed by atoms with E-state index in [9.17, 15) is 10.1 Å². The third-order valence-corrected chi connectivity index (χ3v) is 3.44. The molecule has 0 fully saturated rings. The summed E-state index contributed by atoms with van der Waals surface area (Å²) in [6, 6.07) is 7.82. The van der Waals surface area contributed by atoms with Crippen LogP contribution < -0.4 is 4.90 Å². The van der Waals surface area contributed by atoms with Crippen molar-refractivity contribution in [2.75, 3.05) is 11.4 Å². The van der Waals surface area contributed by atoms with Gasteiger partial charge in [-0.2, -0.15) is 0 Å². The van der Waals surface area contributed by atoms with Gasteiger partial charge in [0.2, 0.25) is 5.82 Å². The van der Waals surface area contributed by atoms with Crippen molar-refractivity contribution >= 4 is 29.8 Å². The Morgan fingerprint density at radius 3 is 2.89 bits per heavy atom. The largest absolute Gasteiger partial charge is 0.343 e. The highest BCUT2D eigenvalue weighted by Crippen LogP contribution is 2.39. The van der Waals surface area contributed by atoms with E-state index in [0.717, 1.165) is 17.7 Å². The number of nitro groups is 1. The number of benzene rings is 1. The Balaban J connectivity index is 2.15. The lowest BCUT2D eigenvalue weighted by Crippen LogP contribution is -2.17. The van der Waals surface area contributed by atoms with E-state index < -0.39 is 4.92 Å². The monoisotopic (exact) mass is 274 g/mol. The molecule has 0 radical (unpaired) electrons. The van der Waals surface area contributed by atoms with E-state index >= 15 is 0 Å². The van der Waals surface area contributed by atoms with Gasteiger partial charge < -0.3 is 4.90 Å². The molecule has 0 N–H and O–H groups in total. The summed E-state index contributed by atoms with van der Waals surface area (Å²) in [5, 5.41) is 11.2. The average molecular weight is 274 g/mol. The maximum atomic E-state index is 11.2.